The maximum absolute atomic E-state index is 10.9. The third-order valence-electron chi connectivity index (χ3n) is 4.34. The molecule has 0 amide bonds. The van der Waals surface area contributed by atoms with E-state index in [-0.39, 0.29) is 5.56 Å². The summed E-state index contributed by atoms with van der Waals surface area (Å²) in [4.78, 5) is 18.8. The van der Waals surface area contributed by atoms with Crippen molar-refractivity contribution >= 4 is 28.6 Å². The largest absolute Gasteiger partial charge is 0.478 e. The predicted molar refractivity (Wildman–Crippen MR) is 89.4 cm³/mol. The third-order valence-corrected chi connectivity index (χ3v) is 4.34. The standard InChI is InChI=1S/C18H17N3O2/c22-17(23)11-5-7-14(8-6-11)19-18-20-15-9-12-3-1-2-4-13(12)10-16(15)21-18/h5-10H,1-4H2,(H,22,23)(H2,19,20,21). The van der Waals surface area contributed by atoms with Gasteiger partial charge in [0.25, 0.3) is 0 Å². The second kappa shape index (κ2) is 5.43. The molecule has 3 aromatic rings. The molecule has 1 aliphatic carbocycles. The molecule has 23 heavy (non-hydrogen) atoms. The van der Waals surface area contributed by atoms with Crippen molar-refractivity contribution in [2.45, 2.75) is 25.7 Å². The van der Waals surface area contributed by atoms with Crippen molar-refractivity contribution in [2.75, 3.05) is 5.32 Å². The molecule has 1 aromatic heterocycles. The minimum Gasteiger partial charge on any atom is -0.478 e. The number of anilines is 2. The van der Waals surface area contributed by atoms with Crippen LogP contribution in [0, 0.1) is 0 Å². The minimum absolute atomic E-state index is 0.271. The number of aromatic amines is 1. The van der Waals surface area contributed by atoms with Gasteiger partial charge in [-0.1, -0.05) is 0 Å². The Hall–Kier alpha value is -2.82. The van der Waals surface area contributed by atoms with Crippen LogP contribution >= 0.6 is 0 Å². The maximum atomic E-state index is 10.9. The van der Waals surface area contributed by atoms with Gasteiger partial charge in [0.15, 0.2) is 0 Å². The van der Waals surface area contributed by atoms with Gasteiger partial charge in [0.2, 0.25) is 5.95 Å². The Labute approximate surface area is 133 Å². The van der Waals surface area contributed by atoms with E-state index in [1.807, 2.05) is 0 Å². The van der Waals surface area contributed by atoms with Gasteiger partial charge in [-0.25, -0.2) is 9.78 Å². The summed E-state index contributed by atoms with van der Waals surface area (Å²) in [5.41, 5.74) is 5.91. The van der Waals surface area contributed by atoms with Crippen LogP contribution in [-0.2, 0) is 12.8 Å². The Kier molecular flexibility index (Phi) is 3.26. The van der Waals surface area contributed by atoms with Gasteiger partial charge in [-0.2, -0.15) is 0 Å². The predicted octanol–water partition coefficient (Wildman–Crippen LogP) is 3.88. The molecule has 0 unspecified atom stereocenters. The number of rotatable bonds is 3. The van der Waals surface area contributed by atoms with E-state index in [4.69, 9.17) is 5.11 Å². The summed E-state index contributed by atoms with van der Waals surface area (Å²) < 4.78 is 0. The number of nitrogens with one attached hydrogen (secondary N) is 2. The number of aromatic nitrogens is 2. The second-order valence-corrected chi connectivity index (χ2v) is 5.94. The average Bonchev–Trinajstić information content (AvgIpc) is 2.94. The highest BCUT2D eigenvalue weighted by atomic mass is 16.4. The monoisotopic (exact) mass is 307 g/mol. The molecule has 0 aliphatic heterocycles. The summed E-state index contributed by atoms with van der Waals surface area (Å²) in [7, 11) is 0. The van der Waals surface area contributed by atoms with Crippen molar-refractivity contribution in [1.29, 1.82) is 0 Å². The van der Waals surface area contributed by atoms with Gasteiger partial charge in [-0.15, -0.1) is 0 Å². The topological polar surface area (TPSA) is 78.0 Å². The van der Waals surface area contributed by atoms with Crippen LogP contribution in [0.4, 0.5) is 11.6 Å². The molecular formula is C18H17N3O2. The molecule has 0 radical (unpaired) electrons. The molecule has 0 atom stereocenters. The molecule has 116 valence electrons. The van der Waals surface area contributed by atoms with Crippen LogP contribution in [0.15, 0.2) is 36.4 Å². The third kappa shape index (κ3) is 2.65. The first-order valence-corrected chi connectivity index (χ1v) is 7.81. The van der Waals surface area contributed by atoms with Crippen molar-refractivity contribution < 1.29 is 9.90 Å². The van der Waals surface area contributed by atoms with Crippen molar-refractivity contribution in [3.8, 4) is 0 Å². The van der Waals surface area contributed by atoms with E-state index in [0.717, 1.165) is 29.6 Å². The molecule has 0 saturated carbocycles. The summed E-state index contributed by atoms with van der Waals surface area (Å²) in [5, 5.41) is 12.1. The normalized spacial score (nSPS) is 13.7. The van der Waals surface area contributed by atoms with Gasteiger partial charge < -0.3 is 15.4 Å². The Bertz CT molecular complexity index is 838. The summed E-state index contributed by atoms with van der Waals surface area (Å²) in [5.74, 6) is -0.253. The fourth-order valence-corrected chi connectivity index (χ4v) is 3.13. The van der Waals surface area contributed by atoms with E-state index in [2.05, 4.69) is 27.4 Å². The van der Waals surface area contributed by atoms with Gasteiger partial charge >= 0.3 is 5.97 Å². The number of carbonyl (C=O) groups is 1. The molecule has 0 spiro atoms. The lowest BCUT2D eigenvalue weighted by molar-refractivity contribution is 0.0697. The zero-order valence-electron chi connectivity index (χ0n) is 12.6. The van der Waals surface area contributed by atoms with E-state index >= 15 is 0 Å². The number of carboxylic acid groups (broad SMARTS) is 1. The molecule has 0 bridgehead atoms. The van der Waals surface area contributed by atoms with Gasteiger partial charge in [0.05, 0.1) is 16.6 Å². The first-order valence-electron chi connectivity index (χ1n) is 7.81. The van der Waals surface area contributed by atoms with E-state index in [0.29, 0.717) is 5.95 Å². The van der Waals surface area contributed by atoms with E-state index in [1.54, 1.807) is 24.3 Å². The number of fused-ring (bicyclic) bond motifs is 2. The van der Waals surface area contributed by atoms with Crippen LogP contribution in [0.5, 0.6) is 0 Å². The number of benzene rings is 2. The number of carboxylic acids is 1. The lowest BCUT2D eigenvalue weighted by atomic mass is 9.91. The van der Waals surface area contributed by atoms with Crippen molar-refractivity contribution in [3.05, 3.63) is 53.1 Å². The molecule has 3 N–H and O–H groups in total. The number of aryl methyl sites for hydroxylation is 2. The van der Waals surface area contributed by atoms with Crippen molar-refractivity contribution in [1.82, 2.24) is 9.97 Å². The van der Waals surface area contributed by atoms with Crippen LogP contribution in [-0.4, -0.2) is 21.0 Å². The molecule has 0 saturated heterocycles. The van der Waals surface area contributed by atoms with Crippen LogP contribution in [0.1, 0.15) is 34.3 Å². The summed E-state index contributed by atoms with van der Waals surface area (Å²) in [6.07, 6.45) is 4.79. The maximum Gasteiger partial charge on any atom is 0.335 e. The lowest BCUT2D eigenvalue weighted by Gasteiger charge is -2.14. The smallest absolute Gasteiger partial charge is 0.335 e. The van der Waals surface area contributed by atoms with Crippen LogP contribution < -0.4 is 5.32 Å². The quantitative estimate of drug-likeness (QED) is 0.686. The molecule has 1 aliphatic rings. The summed E-state index contributed by atoms with van der Waals surface area (Å²) in [6, 6.07) is 11.0. The molecule has 5 nitrogen and oxygen atoms in total. The fourth-order valence-electron chi connectivity index (χ4n) is 3.13. The van der Waals surface area contributed by atoms with Gasteiger partial charge in [-0.3, -0.25) is 0 Å². The number of imidazole rings is 1. The Morgan fingerprint density at radius 1 is 1.09 bits per heavy atom. The highest BCUT2D eigenvalue weighted by Crippen LogP contribution is 2.27. The Morgan fingerprint density at radius 2 is 1.78 bits per heavy atom. The van der Waals surface area contributed by atoms with Crippen molar-refractivity contribution in [3.63, 3.8) is 0 Å². The first-order chi connectivity index (χ1) is 11.2. The van der Waals surface area contributed by atoms with Crippen LogP contribution in [0.3, 0.4) is 0 Å². The highest BCUT2D eigenvalue weighted by Gasteiger charge is 2.12. The van der Waals surface area contributed by atoms with E-state index < -0.39 is 5.97 Å². The SMILES string of the molecule is O=C(O)c1ccc(Nc2nc3cc4c(cc3[nH]2)CCCC4)cc1. The highest BCUT2D eigenvalue weighted by molar-refractivity contribution is 5.88. The number of hydrogen-bond acceptors (Lipinski definition) is 3. The van der Waals surface area contributed by atoms with Crippen LogP contribution in [0.2, 0.25) is 0 Å². The summed E-state index contributed by atoms with van der Waals surface area (Å²) in [6.45, 7) is 0. The zero-order chi connectivity index (χ0) is 15.8. The summed E-state index contributed by atoms with van der Waals surface area (Å²) >= 11 is 0. The molecule has 5 heteroatoms. The number of hydrogen-bond donors (Lipinski definition) is 3. The van der Waals surface area contributed by atoms with Gasteiger partial charge in [0, 0.05) is 5.69 Å². The average molecular weight is 307 g/mol. The van der Waals surface area contributed by atoms with E-state index in [1.165, 1.54) is 24.0 Å². The molecule has 4 rings (SSSR count). The Morgan fingerprint density at radius 3 is 2.48 bits per heavy atom. The molecule has 2 aromatic carbocycles. The van der Waals surface area contributed by atoms with Crippen molar-refractivity contribution in [2.24, 2.45) is 0 Å². The molecular weight excluding hydrogens is 290 g/mol. The number of nitrogens with zero attached hydrogens (tertiary/aromatic N) is 1. The lowest BCUT2D eigenvalue weighted by Crippen LogP contribution is -2.01. The molecule has 0 fully saturated rings. The number of aromatic carboxylic acids is 1. The van der Waals surface area contributed by atoms with Gasteiger partial charge in [-0.05, 0) is 73.2 Å². The fraction of sp³-hybridized carbons (Fsp3) is 0.222. The second-order valence-electron chi connectivity index (χ2n) is 5.94. The molecule has 1 heterocycles. The van der Waals surface area contributed by atoms with Crippen LogP contribution in [0.25, 0.3) is 11.0 Å². The van der Waals surface area contributed by atoms with Gasteiger partial charge in [0.1, 0.15) is 0 Å². The zero-order valence-corrected chi connectivity index (χ0v) is 12.6. The Balaban J connectivity index is 1.62. The van der Waals surface area contributed by atoms with E-state index in [9.17, 15) is 4.79 Å². The minimum atomic E-state index is -0.925. The first kappa shape index (κ1) is 13.8. The number of H-pyrrole nitrogens is 1.